The lowest BCUT2D eigenvalue weighted by Crippen LogP contribution is -2.34. The maximum absolute atomic E-state index is 9.26. The van der Waals surface area contributed by atoms with Crippen LogP contribution in [-0.2, 0) is 4.74 Å². The molecule has 1 aliphatic rings. The lowest BCUT2D eigenvalue weighted by atomic mass is 9.73. The van der Waals surface area contributed by atoms with Gasteiger partial charge in [-0.25, -0.2) is 0 Å². The third kappa shape index (κ3) is 3.65. The van der Waals surface area contributed by atoms with Gasteiger partial charge in [0.15, 0.2) is 0 Å². The van der Waals surface area contributed by atoms with Crippen molar-refractivity contribution < 1.29 is 9.84 Å². The van der Waals surface area contributed by atoms with E-state index in [0.29, 0.717) is 5.92 Å². The zero-order valence-electron chi connectivity index (χ0n) is 8.83. The van der Waals surface area contributed by atoms with Crippen molar-refractivity contribution in [1.29, 1.82) is 0 Å². The fourth-order valence-electron chi connectivity index (χ4n) is 1.81. The van der Waals surface area contributed by atoms with Crippen molar-refractivity contribution in [3.63, 3.8) is 0 Å². The summed E-state index contributed by atoms with van der Waals surface area (Å²) in [6.45, 7) is 5.88. The molecule has 2 nitrogen and oxygen atoms in total. The molecule has 1 atom stereocenters. The summed E-state index contributed by atoms with van der Waals surface area (Å²) >= 11 is 0. The molecule has 1 aliphatic carbocycles. The standard InChI is InChI=1S/C11H22O2/c1-3-4-5-13-8-10-6-11(7-10)9(2)12/h9-12H,3-8H2,1-2H3. The van der Waals surface area contributed by atoms with Gasteiger partial charge in [-0.3, -0.25) is 0 Å². The van der Waals surface area contributed by atoms with Crippen LogP contribution >= 0.6 is 0 Å². The summed E-state index contributed by atoms with van der Waals surface area (Å²) in [5.41, 5.74) is 0. The van der Waals surface area contributed by atoms with Gasteiger partial charge in [0.25, 0.3) is 0 Å². The van der Waals surface area contributed by atoms with Crippen molar-refractivity contribution in [2.24, 2.45) is 11.8 Å². The highest BCUT2D eigenvalue weighted by atomic mass is 16.5. The molecule has 78 valence electrons. The highest BCUT2D eigenvalue weighted by Crippen LogP contribution is 2.36. The number of rotatable bonds is 6. The maximum atomic E-state index is 9.26. The van der Waals surface area contributed by atoms with Crippen LogP contribution < -0.4 is 0 Å². The lowest BCUT2D eigenvalue weighted by molar-refractivity contribution is -0.00654. The summed E-state index contributed by atoms with van der Waals surface area (Å²) in [5.74, 6) is 1.26. The van der Waals surface area contributed by atoms with E-state index >= 15 is 0 Å². The van der Waals surface area contributed by atoms with Crippen LogP contribution in [-0.4, -0.2) is 24.4 Å². The first-order valence-electron chi connectivity index (χ1n) is 5.49. The first-order chi connectivity index (χ1) is 6.24. The van der Waals surface area contributed by atoms with Crippen LogP contribution in [0, 0.1) is 11.8 Å². The fourth-order valence-corrected chi connectivity index (χ4v) is 1.81. The summed E-state index contributed by atoms with van der Waals surface area (Å²) in [5, 5.41) is 9.26. The fraction of sp³-hybridized carbons (Fsp3) is 1.00. The molecular formula is C11H22O2. The quantitative estimate of drug-likeness (QED) is 0.644. The molecule has 0 aromatic carbocycles. The lowest BCUT2D eigenvalue weighted by Gasteiger charge is -2.36. The summed E-state index contributed by atoms with van der Waals surface area (Å²) in [4.78, 5) is 0. The zero-order valence-corrected chi connectivity index (χ0v) is 8.83. The van der Waals surface area contributed by atoms with Crippen LogP contribution in [0.2, 0.25) is 0 Å². The van der Waals surface area contributed by atoms with Gasteiger partial charge < -0.3 is 9.84 Å². The van der Waals surface area contributed by atoms with Crippen molar-refractivity contribution in [3.8, 4) is 0 Å². The monoisotopic (exact) mass is 186 g/mol. The van der Waals surface area contributed by atoms with Crippen LogP contribution in [0.5, 0.6) is 0 Å². The van der Waals surface area contributed by atoms with Crippen LogP contribution in [0.15, 0.2) is 0 Å². The van der Waals surface area contributed by atoms with Crippen molar-refractivity contribution >= 4 is 0 Å². The number of aliphatic hydroxyl groups is 1. The number of hydrogen-bond donors (Lipinski definition) is 1. The molecule has 1 unspecified atom stereocenters. The van der Waals surface area contributed by atoms with Gasteiger partial charge in [-0.1, -0.05) is 13.3 Å². The second kappa shape index (κ2) is 5.61. The molecule has 0 aliphatic heterocycles. The Balaban J connectivity index is 1.90. The molecule has 0 heterocycles. The van der Waals surface area contributed by atoms with Crippen molar-refractivity contribution in [3.05, 3.63) is 0 Å². The molecule has 0 aromatic heterocycles. The third-order valence-corrected chi connectivity index (χ3v) is 2.95. The van der Waals surface area contributed by atoms with Gasteiger partial charge in [-0.05, 0) is 38.0 Å². The molecule has 2 heteroatoms. The average molecular weight is 186 g/mol. The molecule has 0 radical (unpaired) electrons. The first-order valence-corrected chi connectivity index (χ1v) is 5.49. The van der Waals surface area contributed by atoms with E-state index in [0.717, 1.165) is 32.0 Å². The maximum Gasteiger partial charge on any atom is 0.0540 e. The molecule has 13 heavy (non-hydrogen) atoms. The molecule has 1 N–H and O–H groups in total. The number of unbranched alkanes of at least 4 members (excludes halogenated alkanes) is 1. The van der Waals surface area contributed by atoms with Crippen LogP contribution in [0.1, 0.15) is 39.5 Å². The molecule has 1 rings (SSSR count). The van der Waals surface area contributed by atoms with Gasteiger partial charge >= 0.3 is 0 Å². The minimum atomic E-state index is -0.119. The van der Waals surface area contributed by atoms with E-state index in [1.807, 2.05) is 6.92 Å². The van der Waals surface area contributed by atoms with Crippen molar-refractivity contribution in [2.75, 3.05) is 13.2 Å². The van der Waals surface area contributed by atoms with Gasteiger partial charge in [-0.15, -0.1) is 0 Å². The summed E-state index contributed by atoms with van der Waals surface area (Å²) in [6, 6.07) is 0. The predicted octanol–water partition coefficient (Wildman–Crippen LogP) is 2.21. The van der Waals surface area contributed by atoms with Crippen LogP contribution in [0.3, 0.4) is 0 Å². The van der Waals surface area contributed by atoms with E-state index in [4.69, 9.17) is 4.74 Å². The Morgan fingerprint density at radius 1 is 1.46 bits per heavy atom. The molecule has 0 bridgehead atoms. The van der Waals surface area contributed by atoms with E-state index in [2.05, 4.69) is 6.92 Å². The van der Waals surface area contributed by atoms with Crippen LogP contribution in [0.4, 0.5) is 0 Å². The van der Waals surface area contributed by atoms with Crippen molar-refractivity contribution in [2.45, 2.75) is 45.6 Å². The first kappa shape index (κ1) is 11.0. The highest BCUT2D eigenvalue weighted by molar-refractivity contribution is 4.82. The van der Waals surface area contributed by atoms with E-state index in [9.17, 15) is 5.11 Å². The Morgan fingerprint density at radius 3 is 2.69 bits per heavy atom. The molecule has 0 amide bonds. The SMILES string of the molecule is CCCCOCC1CC(C(C)O)C1. The number of aliphatic hydroxyl groups excluding tert-OH is 1. The van der Waals surface area contributed by atoms with Crippen LogP contribution in [0.25, 0.3) is 0 Å². The summed E-state index contributed by atoms with van der Waals surface area (Å²) in [7, 11) is 0. The van der Waals surface area contributed by atoms with E-state index in [1.54, 1.807) is 0 Å². The molecule has 0 aromatic rings. The molecule has 0 spiro atoms. The second-order valence-corrected chi connectivity index (χ2v) is 4.27. The third-order valence-electron chi connectivity index (χ3n) is 2.95. The van der Waals surface area contributed by atoms with Gasteiger partial charge in [0.1, 0.15) is 0 Å². The molecular weight excluding hydrogens is 164 g/mol. The van der Waals surface area contributed by atoms with E-state index < -0.39 is 0 Å². The Labute approximate surface area is 81.3 Å². The average Bonchev–Trinajstić information content (AvgIpc) is 2.00. The Morgan fingerprint density at radius 2 is 2.15 bits per heavy atom. The molecule has 1 fully saturated rings. The Hall–Kier alpha value is -0.0800. The Bertz CT molecular complexity index is 128. The van der Waals surface area contributed by atoms with Crippen molar-refractivity contribution in [1.82, 2.24) is 0 Å². The van der Waals surface area contributed by atoms with E-state index in [1.165, 1.54) is 12.8 Å². The van der Waals surface area contributed by atoms with Gasteiger partial charge in [0, 0.05) is 13.2 Å². The summed E-state index contributed by atoms with van der Waals surface area (Å²) in [6.07, 6.45) is 4.58. The normalized spacial score (nSPS) is 29.8. The Kier molecular flexibility index (Phi) is 4.74. The smallest absolute Gasteiger partial charge is 0.0540 e. The van der Waals surface area contributed by atoms with Gasteiger partial charge in [0.2, 0.25) is 0 Å². The minimum Gasteiger partial charge on any atom is -0.393 e. The second-order valence-electron chi connectivity index (χ2n) is 4.27. The largest absolute Gasteiger partial charge is 0.393 e. The molecule has 0 saturated heterocycles. The topological polar surface area (TPSA) is 29.5 Å². The number of hydrogen-bond acceptors (Lipinski definition) is 2. The molecule has 1 saturated carbocycles. The summed E-state index contributed by atoms with van der Waals surface area (Å²) < 4.78 is 5.52. The number of ether oxygens (including phenoxy) is 1. The van der Waals surface area contributed by atoms with E-state index in [-0.39, 0.29) is 6.10 Å². The zero-order chi connectivity index (χ0) is 9.68. The minimum absolute atomic E-state index is 0.119. The highest BCUT2D eigenvalue weighted by Gasteiger charge is 2.31. The van der Waals surface area contributed by atoms with Gasteiger partial charge in [-0.2, -0.15) is 0 Å². The predicted molar refractivity (Wildman–Crippen MR) is 53.6 cm³/mol. The van der Waals surface area contributed by atoms with Gasteiger partial charge in [0.05, 0.1) is 6.10 Å².